The van der Waals surface area contributed by atoms with Gasteiger partial charge in [0.15, 0.2) is 0 Å². The van der Waals surface area contributed by atoms with Crippen LogP contribution < -0.4 is 27.4 Å². The fraction of sp³-hybridized carbons (Fsp3) is 0.182. The number of benzene rings is 3. The molecule has 0 bridgehead atoms. The van der Waals surface area contributed by atoms with Gasteiger partial charge in [0.1, 0.15) is 5.82 Å². The highest BCUT2D eigenvalue weighted by atomic mass is 32.1. The summed E-state index contributed by atoms with van der Waals surface area (Å²) >= 11 is 1.60. The van der Waals surface area contributed by atoms with Crippen LogP contribution in [0.3, 0.4) is 0 Å². The third-order valence-electron chi connectivity index (χ3n) is 6.97. The van der Waals surface area contributed by atoms with E-state index < -0.39 is 0 Å². The molecule has 0 aliphatic carbocycles. The number of hydrogen-bond donors (Lipinski definition) is 5. The highest BCUT2D eigenvalue weighted by Gasteiger charge is 2.16. The Labute approximate surface area is 254 Å². The van der Waals surface area contributed by atoms with Gasteiger partial charge in [0.2, 0.25) is 5.91 Å². The Morgan fingerprint density at radius 2 is 1.58 bits per heavy atom. The number of urea groups is 1. The van der Waals surface area contributed by atoms with Gasteiger partial charge in [-0.3, -0.25) is 4.79 Å². The van der Waals surface area contributed by atoms with Crippen molar-refractivity contribution >= 4 is 56.2 Å². The number of aromatic nitrogens is 1. The second-order valence-corrected chi connectivity index (χ2v) is 11.4. The molecule has 43 heavy (non-hydrogen) atoms. The highest BCUT2D eigenvalue weighted by Crippen LogP contribution is 2.42. The van der Waals surface area contributed by atoms with Gasteiger partial charge in [-0.25, -0.2) is 9.78 Å². The molecule has 9 nitrogen and oxygen atoms in total. The van der Waals surface area contributed by atoms with Crippen LogP contribution in [0.5, 0.6) is 0 Å². The van der Waals surface area contributed by atoms with Gasteiger partial charge in [0.05, 0.1) is 0 Å². The Kier molecular flexibility index (Phi) is 9.31. The maximum absolute atomic E-state index is 12.5. The number of fused-ring (bicyclic) bond motifs is 1. The number of thiophene rings is 1. The SMILES string of the molecule is CN(C)CCCC(=O)Nc1cccc(-c2cnc(N)c3c(-c4ccc(NC(=O)Nc5cccc(CN)c5)cc4)csc23)c1. The number of nitrogens with zero attached hydrogens (tertiary/aromatic N) is 2. The molecule has 0 saturated carbocycles. The average molecular weight is 594 g/mol. The van der Waals surface area contributed by atoms with Gasteiger partial charge in [-0.2, -0.15) is 0 Å². The summed E-state index contributed by atoms with van der Waals surface area (Å²) < 4.78 is 1.01. The number of rotatable bonds is 10. The summed E-state index contributed by atoms with van der Waals surface area (Å²) in [6.45, 7) is 1.27. The van der Waals surface area contributed by atoms with Crippen LogP contribution in [0.15, 0.2) is 84.4 Å². The van der Waals surface area contributed by atoms with E-state index in [2.05, 4.69) is 31.2 Å². The second kappa shape index (κ2) is 13.5. The standard InChI is InChI=1S/C33H35N7O2S/c1-40(2)15-5-10-29(41)37-26-9-4-7-23(17-26)27-19-36-32(35)30-28(20-43-31(27)30)22-11-13-24(14-12-22)38-33(42)39-25-8-3-6-21(16-25)18-34/h3-4,6-9,11-14,16-17,19-20H,5,10,15,18,34H2,1-2H3,(H2,35,36)(H,37,41)(H2,38,39,42). The number of nitrogen functional groups attached to an aromatic ring is 1. The van der Waals surface area contributed by atoms with Gasteiger partial charge in [0.25, 0.3) is 0 Å². The lowest BCUT2D eigenvalue weighted by Gasteiger charge is -2.11. The molecule has 220 valence electrons. The van der Waals surface area contributed by atoms with Crippen LogP contribution in [-0.4, -0.2) is 42.5 Å². The maximum atomic E-state index is 12.5. The van der Waals surface area contributed by atoms with E-state index in [0.717, 1.165) is 56.6 Å². The number of carbonyl (C=O) groups is 2. The minimum Gasteiger partial charge on any atom is -0.383 e. The third kappa shape index (κ3) is 7.36. The zero-order valence-corrected chi connectivity index (χ0v) is 25.0. The summed E-state index contributed by atoms with van der Waals surface area (Å²) in [6, 6.07) is 22.5. The van der Waals surface area contributed by atoms with Gasteiger partial charge < -0.3 is 32.3 Å². The first-order valence-electron chi connectivity index (χ1n) is 14.0. The largest absolute Gasteiger partial charge is 0.383 e. The van der Waals surface area contributed by atoms with Gasteiger partial charge in [-0.15, -0.1) is 11.3 Å². The molecule has 2 heterocycles. The zero-order valence-electron chi connectivity index (χ0n) is 24.2. The van der Waals surface area contributed by atoms with Crippen LogP contribution in [-0.2, 0) is 11.3 Å². The molecule has 5 aromatic rings. The second-order valence-electron chi connectivity index (χ2n) is 10.5. The van der Waals surface area contributed by atoms with Crippen LogP contribution in [0, 0.1) is 0 Å². The van der Waals surface area contributed by atoms with Crippen molar-refractivity contribution in [3.05, 3.63) is 89.9 Å². The molecule has 0 atom stereocenters. The number of hydrogen-bond acceptors (Lipinski definition) is 7. The van der Waals surface area contributed by atoms with Crippen molar-refractivity contribution in [1.82, 2.24) is 9.88 Å². The van der Waals surface area contributed by atoms with Crippen molar-refractivity contribution in [1.29, 1.82) is 0 Å². The van der Waals surface area contributed by atoms with Crippen molar-refractivity contribution in [2.24, 2.45) is 5.73 Å². The van der Waals surface area contributed by atoms with E-state index in [1.165, 1.54) is 0 Å². The molecule has 3 amide bonds. The van der Waals surface area contributed by atoms with Crippen LogP contribution in [0.4, 0.5) is 27.7 Å². The Morgan fingerprint density at radius 3 is 2.33 bits per heavy atom. The highest BCUT2D eigenvalue weighted by molar-refractivity contribution is 7.18. The van der Waals surface area contributed by atoms with Crippen LogP contribution in [0.1, 0.15) is 18.4 Å². The molecule has 3 aromatic carbocycles. The van der Waals surface area contributed by atoms with E-state index in [0.29, 0.717) is 30.2 Å². The maximum Gasteiger partial charge on any atom is 0.323 e. The molecular weight excluding hydrogens is 558 g/mol. The fourth-order valence-corrected chi connectivity index (χ4v) is 5.95. The lowest BCUT2D eigenvalue weighted by Crippen LogP contribution is -2.19. The molecule has 7 N–H and O–H groups in total. The van der Waals surface area contributed by atoms with Crippen LogP contribution in [0.25, 0.3) is 32.3 Å². The van der Waals surface area contributed by atoms with Crippen molar-refractivity contribution in [3.63, 3.8) is 0 Å². The molecule has 0 fully saturated rings. The smallest absolute Gasteiger partial charge is 0.323 e. The van der Waals surface area contributed by atoms with E-state index >= 15 is 0 Å². The van der Waals surface area contributed by atoms with Crippen LogP contribution in [0.2, 0.25) is 0 Å². The Bertz CT molecular complexity index is 1750. The van der Waals surface area contributed by atoms with E-state index in [4.69, 9.17) is 11.5 Å². The summed E-state index contributed by atoms with van der Waals surface area (Å²) in [4.78, 5) is 31.6. The van der Waals surface area contributed by atoms with Crippen molar-refractivity contribution < 1.29 is 9.59 Å². The van der Waals surface area contributed by atoms with Crippen molar-refractivity contribution in [2.45, 2.75) is 19.4 Å². The number of anilines is 4. The minimum atomic E-state index is -0.340. The van der Waals surface area contributed by atoms with Gasteiger partial charge in [-0.1, -0.05) is 36.4 Å². The van der Waals surface area contributed by atoms with E-state index in [9.17, 15) is 9.59 Å². The minimum absolute atomic E-state index is 0.00537. The molecule has 2 aromatic heterocycles. The average Bonchev–Trinajstić information content (AvgIpc) is 3.44. The Balaban J connectivity index is 1.33. The molecule has 0 unspecified atom stereocenters. The first-order valence-corrected chi connectivity index (χ1v) is 14.9. The topological polar surface area (TPSA) is 138 Å². The summed E-state index contributed by atoms with van der Waals surface area (Å²) in [5.74, 6) is 0.441. The molecule has 10 heteroatoms. The lowest BCUT2D eigenvalue weighted by atomic mass is 10.0. The monoisotopic (exact) mass is 593 g/mol. The Morgan fingerprint density at radius 1 is 0.860 bits per heavy atom. The molecule has 0 spiro atoms. The summed E-state index contributed by atoms with van der Waals surface area (Å²) in [5, 5.41) is 11.7. The van der Waals surface area contributed by atoms with E-state index in [1.54, 1.807) is 17.5 Å². The summed E-state index contributed by atoms with van der Waals surface area (Å²) in [5.41, 5.74) is 18.9. The predicted molar refractivity (Wildman–Crippen MR) is 178 cm³/mol. The summed E-state index contributed by atoms with van der Waals surface area (Å²) in [6.07, 6.45) is 3.05. The van der Waals surface area contributed by atoms with Gasteiger partial charge in [0, 0.05) is 57.4 Å². The number of carbonyl (C=O) groups excluding carboxylic acids is 2. The normalized spacial score (nSPS) is 11.1. The van der Waals surface area contributed by atoms with Crippen LogP contribution >= 0.6 is 11.3 Å². The number of amides is 3. The van der Waals surface area contributed by atoms with Gasteiger partial charge >= 0.3 is 6.03 Å². The molecule has 0 radical (unpaired) electrons. The molecular formula is C33H35N7O2S. The predicted octanol–water partition coefficient (Wildman–Crippen LogP) is 6.60. The molecule has 0 aliphatic heterocycles. The first-order chi connectivity index (χ1) is 20.8. The zero-order chi connectivity index (χ0) is 30.3. The van der Waals surface area contributed by atoms with Gasteiger partial charge in [-0.05, 0) is 85.5 Å². The lowest BCUT2D eigenvalue weighted by molar-refractivity contribution is -0.116. The quantitative estimate of drug-likeness (QED) is 0.124. The van der Waals surface area contributed by atoms with Crippen molar-refractivity contribution in [2.75, 3.05) is 42.3 Å². The number of nitrogens with two attached hydrogens (primary N) is 2. The number of nitrogens with one attached hydrogen (secondary N) is 3. The van der Waals surface area contributed by atoms with Crippen molar-refractivity contribution in [3.8, 4) is 22.3 Å². The summed E-state index contributed by atoms with van der Waals surface area (Å²) in [7, 11) is 4.00. The molecule has 5 rings (SSSR count). The fourth-order valence-electron chi connectivity index (χ4n) is 4.83. The Hall–Kier alpha value is -4.77. The third-order valence-corrected chi connectivity index (χ3v) is 7.98. The molecule has 0 saturated heterocycles. The number of pyridine rings is 1. The van der Waals surface area contributed by atoms with E-state index in [-0.39, 0.29) is 11.9 Å². The van der Waals surface area contributed by atoms with E-state index in [1.807, 2.05) is 86.9 Å². The molecule has 0 aliphatic rings. The first kappa shape index (κ1) is 29.7.